The Kier molecular flexibility index (Phi) is 7.30. The summed E-state index contributed by atoms with van der Waals surface area (Å²) in [6.45, 7) is 1.16. The Bertz CT molecular complexity index is 825. The molecule has 0 aromatic heterocycles. The molecular weight excluding hydrogens is 355 g/mol. The van der Waals surface area contributed by atoms with Crippen LogP contribution in [0, 0.1) is 5.82 Å². The lowest BCUT2D eigenvalue weighted by atomic mass is 10.2. The van der Waals surface area contributed by atoms with Gasteiger partial charge in [0.2, 0.25) is 0 Å². The summed E-state index contributed by atoms with van der Waals surface area (Å²) in [7, 11) is 0. The molecule has 7 nitrogen and oxygen atoms in total. The molecule has 2 rings (SSSR count). The van der Waals surface area contributed by atoms with Crippen molar-refractivity contribution in [1.29, 1.82) is 0 Å². The van der Waals surface area contributed by atoms with Crippen molar-refractivity contribution in [3.8, 4) is 5.75 Å². The van der Waals surface area contributed by atoms with Gasteiger partial charge in [-0.25, -0.2) is 4.39 Å². The third-order valence-electron chi connectivity index (χ3n) is 3.34. The van der Waals surface area contributed by atoms with E-state index in [1.54, 1.807) is 37.3 Å². The Morgan fingerprint density at radius 2 is 1.74 bits per heavy atom. The highest BCUT2D eigenvalue weighted by Gasteiger charge is 2.14. The van der Waals surface area contributed by atoms with Crippen LogP contribution in [0.1, 0.15) is 17.3 Å². The SMILES string of the molecule is CCOc1ccccc1C(=O)NCC(=O)OCC(=O)Nc1ccccc1F. The van der Waals surface area contributed by atoms with Crippen LogP contribution in [0.4, 0.5) is 10.1 Å². The molecule has 0 unspecified atom stereocenters. The summed E-state index contributed by atoms with van der Waals surface area (Å²) >= 11 is 0. The number of halogens is 1. The molecule has 0 bridgehead atoms. The van der Waals surface area contributed by atoms with Gasteiger partial charge in [0.15, 0.2) is 6.61 Å². The van der Waals surface area contributed by atoms with Gasteiger partial charge in [-0.15, -0.1) is 0 Å². The second kappa shape index (κ2) is 9.91. The van der Waals surface area contributed by atoms with E-state index in [4.69, 9.17) is 9.47 Å². The average molecular weight is 374 g/mol. The lowest BCUT2D eigenvalue weighted by Gasteiger charge is -2.10. The molecule has 2 aromatic carbocycles. The quantitative estimate of drug-likeness (QED) is 0.691. The molecule has 0 fully saturated rings. The Hall–Kier alpha value is -3.42. The third-order valence-corrected chi connectivity index (χ3v) is 3.34. The van der Waals surface area contributed by atoms with Gasteiger partial charge in [0.05, 0.1) is 17.9 Å². The minimum atomic E-state index is -0.805. The molecule has 0 radical (unpaired) electrons. The fourth-order valence-electron chi connectivity index (χ4n) is 2.13. The number of esters is 1. The molecule has 0 aliphatic heterocycles. The van der Waals surface area contributed by atoms with E-state index in [1.165, 1.54) is 18.2 Å². The number of nitrogens with one attached hydrogen (secondary N) is 2. The Morgan fingerprint density at radius 1 is 1.04 bits per heavy atom. The second-order valence-electron chi connectivity index (χ2n) is 5.30. The van der Waals surface area contributed by atoms with Gasteiger partial charge in [0, 0.05) is 0 Å². The number of amides is 2. The highest BCUT2D eigenvalue weighted by molar-refractivity contribution is 5.98. The summed E-state index contributed by atoms with van der Waals surface area (Å²) in [5.41, 5.74) is 0.267. The molecule has 2 aromatic rings. The van der Waals surface area contributed by atoms with Crippen molar-refractivity contribution >= 4 is 23.5 Å². The fourth-order valence-corrected chi connectivity index (χ4v) is 2.13. The molecule has 0 spiro atoms. The number of para-hydroxylation sites is 2. The molecule has 0 saturated heterocycles. The van der Waals surface area contributed by atoms with Crippen LogP contribution in [0.25, 0.3) is 0 Å². The first kappa shape index (κ1) is 19.9. The summed E-state index contributed by atoms with van der Waals surface area (Å²) in [6, 6.07) is 12.2. The van der Waals surface area contributed by atoms with E-state index in [-0.39, 0.29) is 11.3 Å². The summed E-state index contributed by atoms with van der Waals surface area (Å²) in [5, 5.41) is 4.68. The van der Waals surface area contributed by atoms with Gasteiger partial charge in [-0.1, -0.05) is 24.3 Å². The highest BCUT2D eigenvalue weighted by Crippen LogP contribution is 2.17. The first-order valence-electron chi connectivity index (χ1n) is 8.21. The van der Waals surface area contributed by atoms with Crippen LogP contribution in [0.15, 0.2) is 48.5 Å². The summed E-state index contributed by atoms with van der Waals surface area (Å²) in [6.07, 6.45) is 0. The molecular formula is C19H19FN2O5. The van der Waals surface area contributed by atoms with Gasteiger partial charge in [0.1, 0.15) is 18.1 Å². The number of carbonyl (C=O) groups excluding carboxylic acids is 3. The first-order valence-corrected chi connectivity index (χ1v) is 8.21. The minimum Gasteiger partial charge on any atom is -0.493 e. The zero-order chi connectivity index (χ0) is 19.6. The lowest BCUT2D eigenvalue weighted by Crippen LogP contribution is -2.32. The predicted molar refractivity (Wildman–Crippen MR) is 95.9 cm³/mol. The number of benzene rings is 2. The normalized spacial score (nSPS) is 10.0. The van der Waals surface area contributed by atoms with Gasteiger partial charge < -0.3 is 20.1 Å². The van der Waals surface area contributed by atoms with Crippen LogP contribution in [-0.4, -0.2) is 37.5 Å². The van der Waals surface area contributed by atoms with Crippen molar-refractivity contribution in [1.82, 2.24) is 5.32 Å². The molecule has 142 valence electrons. The van der Waals surface area contributed by atoms with Crippen molar-refractivity contribution in [3.05, 3.63) is 59.9 Å². The van der Waals surface area contributed by atoms with E-state index in [1.807, 2.05) is 0 Å². The van der Waals surface area contributed by atoms with Crippen molar-refractivity contribution < 1.29 is 28.2 Å². The third kappa shape index (κ3) is 6.10. The summed E-state index contributed by atoms with van der Waals surface area (Å²) in [5.74, 6) is -2.21. The van der Waals surface area contributed by atoms with E-state index in [0.717, 1.165) is 0 Å². The first-order chi connectivity index (χ1) is 13.0. The van der Waals surface area contributed by atoms with E-state index in [2.05, 4.69) is 10.6 Å². The van der Waals surface area contributed by atoms with E-state index < -0.39 is 36.8 Å². The topological polar surface area (TPSA) is 93.7 Å². The molecule has 27 heavy (non-hydrogen) atoms. The highest BCUT2D eigenvalue weighted by atomic mass is 19.1. The number of hydrogen-bond acceptors (Lipinski definition) is 5. The van der Waals surface area contributed by atoms with Crippen molar-refractivity contribution in [2.45, 2.75) is 6.92 Å². The van der Waals surface area contributed by atoms with Crippen molar-refractivity contribution in [2.24, 2.45) is 0 Å². The van der Waals surface area contributed by atoms with Crippen LogP contribution >= 0.6 is 0 Å². The van der Waals surface area contributed by atoms with Crippen LogP contribution in [-0.2, 0) is 14.3 Å². The largest absolute Gasteiger partial charge is 0.493 e. The molecule has 0 aliphatic rings. The number of rotatable bonds is 8. The van der Waals surface area contributed by atoms with Gasteiger partial charge >= 0.3 is 5.97 Å². The van der Waals surface area contributed by atoms with E-state index in [0.29, 0.717) is 12.4 Å². The molecule has 8 heteroatoms. The van der Waals surface area contributed by atoms with Gasteiger partial charge in [-0.05, 0) is 31.2 Å². The van der Waals surface area contributed by atoms with Gasteiger partial charge in [-0.3, -0.25) is 14.4 Å². The zero-order valence-corrected chi connectivity index (χ0v) is 14.7. The molecule has 0 saturated carbocycles. The van der Waals surface area contributed by atoms with E-state index in [9.17, 15) is 18.8 Å². The van der Waals surface area contributed by atoms with Crippen LogP contribution in [0.2, 0.25) is 0 Å². The smallest absolute Gasteiger partial charge is 0.325 e. The summed E-state index contributed by atoms with van der Waals surface area (Å²) < 4.78 is 23.5. The Labute approximate surface area is 155 Å². The molecule has 0 aliphatic carbocycles. The van der Waals surface area contributed by atoms with Crippen molar-refractivity contribution in [2.75, 3.05) is 25.1 Å². The monoisotopic (exact) mass is 374 g/mol. The second-order valence-corrected chi connectivity index (χ2v) is 5.30. The van der Waals surface area contributed by atoms with Crippen LogP contribution in [0.3, 0.4) is 0 Å². The lowest BCUT2D eigenvalue weighted by molar-refractivity contribution is -0.146. The Balaban J connectivity index is 1.78. The van der Waals surface area contributed by atoms with Gasteiger partial charge in [-0.2, -0.15) is 0 Å². The Morgan fingerprint density at radius 3 is 2.48 bits per heavy atom. The number of carbonyl (C=O) groups is 3. The number of hydrogen-bond donors (Lipinski definition) is 2. The minimum absolute atomic E-state index is 0.0145. The maximum Gasteiger partial charge on any atom is 0.325 e. The van der Waals surface area contributed by atoms with Crippen molar-refractivity contribution in [3.63, 3.8) is 0 Å². The molecule has 0 heterocycles. The average Bonchev–Trinajstić information content (AvgIpc) is 2.67. The van der Waals surface area contributed by atoms with Crippen LogP contribution in [0.5, 0.6) is 5.75 Å². The molecule has 2 amide bonds. The van der Waals surface area contributed by atoms with Crippen LogP contribution < -0.4 is 15.4 Å². The van der Waals surface area contributed by atoms with Gasteiger partial charge in [0.25, 0.3) is 11.8 Å². The predicted octanol–water partition coefficient (Wildman–Crippen LogP) is 2.14. The number of anilines is 1. The fraction of sp³-hybridized carbons (Fsp3) is 0.211. The summed E-state index contributed by atoms with van der Waals surface area (Å²) in [4.78, 5) is 35.5. The molecule has 0 atom stereocenters. The molecule has 2 N–H and O–H groups in total. The maximum atomic E-state index is 13.4. The van der Waals surface area contributed by atoms with E-state index >= 15 is 0 Å². The zero-order valence-electron chi connectivity index (χ0n) is 14.7. The standard InChI is InChI=1S/C19H19FN2O5/c1-2-26-16-10-6-3-7-13(16)19(25)21-11-18(24)27-12-17(23)22-15-9-5-4-8-14(15)20/h3-10H,2,11-12H2,1H3,(H,21,25)(H,22,23). The number of ether oxygens (including phenoxy) is 2. The maximum absolute atomic E-state index is 13.4.